The van der Waals surface area contributed by atoms with Crippen molar-refractivity contribution in [3.8, 4) is 27.9 Å². The monoisotopic (exact) mass is 818 g/mol. The van der Waals surface area contributed by atoms with Gasteiger partial charge in [0.2, 0.25) is 0 Å². The zero-order valence-corrected chi connectivity index (χ0v) is 35.1. The van der Waals surface area contributed by atoms with Gasteiger partial charge in [-0.15, -0.1) is 11.3 Å². The SMILES string of the molecule is c1ccc(-c2ccc3c(c2)c2cc(-c4ccc(N(c5ccc6c7ccccc7c7ccccc7c6c5)c5cccc6c5sc5ccccc56)cc4)ccc2n3-c2ccccc2)cc1. The minimum absolute atomic E-state index is 1.11. The van der Waals surface area contributed by atoms with Gasteiger partial charge in [-0.1, -0.05) is 158 Å². The van der Waals surface area contributed by atoms with Crippen LogP contribution in [-0.2, 0) is 0 Å². The summed E-state index contributed by atoms with van der Waals surface area (Å²) in [6, 6.07) is 84.7. The summed E-state index contributed by atoms with van der Waals surface area (Å²) in [4.78, 5) is 2.46. The molecule has 0 radical (unpaired) electrons. The van der Waals surface area contributed by atoms with Crippen molar-refractivity contribution in [3.05, 3.63) is 231 Å². The van der Waals surface area contributed by atoms with Crippen LogP contribution in [0.5, 0.6) is 0 Å². The third-order valence-electron chi connectivity index (χ3n) is 13.0. The Morgan fingerprint density at radius 2 is 0.794 bits per heavy atom. The van der Waals surface area contributed by atoms with Gasteiger partial charge in [-0.2, -0.15) is 0 Å². The first-order valence-electron chi connectivity index (χ1n) is 21.6. The van der Waals surface area contributed by atoms with Crippen LogP contribution in [0.1, 0.15) is 0 Å². The minimum Gasteiger partial charge on any atom is -0.309 e. The van der Waals surface area contributed by atoms with E-state index in [1.54, 1.807) is 0 Å². The molecule has 13 rings (SSSR count). The van der Waals surface area contributed by atoms with Crippen molar-refractivity contribution in [1.82, 2.24) is 4.57 Å². The van der Waals surface area contributed by atoms with Gasteiger partial charge in [0.05, 0.1) is 21.4 Å². The van der Waals surface area contributed by atoms with E-state index >= 15 is 0 Å². The van der Waals surface area contributed by atoms with Gasteiger partial charge in [-0.05, 0) is 127 Å². The van der Waals surface area contributed by atoms with Gasteiger partial charge in [0.25, 0.3) is 0 Å². The van der Waals surface area contributed by atoms with Gasteiger partial charge >= 0.3 is 0 Å². The minimum atomic E-state index is 1.11. The molecule has 0 fully saturated rings. The predicted molar refractivity (Wildman–Crippen MR) is 272 cm³/mol. The quantitative estimate of drug-likeness (QED) is 0.152. The predicted octanol–water partition coefficient (Wildman–Crippen LogP) is 17.4. The molecule has 0 N–H and O–H groups in total. The Balaban J connectivity index is 0.990. The van der Waals surface area contributed by atoms with E-state index in [-0.39, 0.29) is 0 Å². The maximum absolute atomic E-state index is 2.46. The van der Waals surface area contributed by atoms with Crippen molar-refractivity contribution >= 4 is 103 Å². The highest BCUT2D eigenvalue weighted by Gasteiger charge is 2.21. The number of nitrogens with zero attached hydrogens (tertiary/aromatic N) is 2. The second-order valence-electron chi connectivity index (χ2n) is 16.5. The molecule has 0 saturated heterocycles. The molecular formula is C60H38N2S. The number of thiophene rings is 1. The van der Waals surface area contributed by atoms with E-state index in [1.165, 1.54) is 102 Å². The molecule has 0 aliphatic heterocycles. The van der Waals surface area contributed by atoms with E-state index in [4.69, 9.17) is 0 Å². The fourth-order valence-electron chi connectivity index (χ4n) is 10.0. The average Bonchev–Trinajstić information content (AvgIpc) is 3.91. The van der Waals surface area contributed by atoms with Gasteiger partial charge in [0.1, 0.15) is 0 Å². The van der Waals surface area contributed by atoms with Gasteiger partial charge in [-0.25, -0.2) is 0 Å². The Kier molecular flexibility index (Phi) is 8.12. The molecule has 0 bridgehead atoms. The van der Waals surface area contributed by atoms with Crippen LogP contribution in [-0.4, -0.2) is 4.57 Å². The Labute approximate surface area is 368 Å². The molecule has 0 unspecified atom stereocenters. The van der Waals surface area contributed by atoms with Crippen molar-refractivity contribution in [2.24, 2.45) is 0 Å². The summed E-state index contributed by atoms with van der Waals surface area (Å²) in [5.41, 5.74) is 11.8. The standard InChI is InChI=1S/C60H38N2S/c1-3-14-39(15-4-1)41-28-34-56-54(36-41)55-37-42(29-35-57(55)62(56)43-16-5-2-6-17-43)40-26-30-44(31-27-40)61(58-24-13-23-52-51-22-11-12-25-59(51)63-60(52)58)45-32-33-50-48-20-8-7-18-46(48)47-19-9-10-21-49(47)53(50)38-45/h1-38H. The molecule has 11 aromatic carbocycles. The summed E-state index contributed by atoms with van der Waals surface area (Å²) in [7, 11) is 0. The van der Waals surface area contributed by atoms with Crippen LogP contribution in [0.3, 0.4) is 0 Å². The fraction of sp³-hybridized carbons (Fsp3) is 0. The van der Waals surface area contributed by atoms with E-state index in [0.717, 1.165) is 17.1 Å². The number of hydrogen-bond donors (Lipinski definition) is 0. The van der Waals surface area contributed by atoms with Crippen molar-refractivity contribution < 1.29 is 0 Å². The van der Waals surface area contributed by atoms with Gasteiger partial charge in [0, 0.05) is 43.3 Å². The molecule has 0 atom stereocenters. The summed E-state index contributed by atoms with van der Waals surface area (Å²) in [5.74, 6) is 0. The highest BCUT2D eigenvalue weighted by Crippen LogP contribution is 2.47. The molecule has 63 heavy (non-hydrogen) atoms. The highest BCUT2D eigenvalue weighted by atomic mass is 32.1. The van der Waals surface area contributed by atoms with Crippen LogP contribution in [0.25, 0.3) is 102 Å². The van der Waals surface area contributed by atoms with Gasteiger partial charge < -0.3 is 9.47 Å². The van der Waals surface area contributed by atoms with Crippen LogP contribution in [0.15, 0.2) is 231 Å². The Hall–Kier alpha value is -7.98. The second kappa shape index (κ2) is 14.3. The summed E-state index contributed by atoms with van der Waals surface area (Å²) in [6.07, 6.45) is 0. The average molecular weight is 819 g/mol. The number of aromatic nitrogens is 1. The van der Waals surface area contributed by atoms with Gasteiger partial charge in [0.15, 0.2) is 0 Å². The first-order chi connectivity index (χ1) is 31.2. The van der Waals surface area contributed by atoms with Crippen molar-refractivity contribution in [2.75, 3.05) is 4.90 Å². The largest absolute Gasteiger partial charge is 0.309 e. The molecule has 0 amide bonds. The molecular weight excluding hydrogens is 781 g/mol. The lowest BCUT2D eigenvalue weighted by Gasteiger charge is -2.27. The van der Waals surface area contributed by atoms with E-state index in [9.17, 15) is 0 Å². The zero-order valence-electron chi connectivity index (χ0n) is 34.2. The van der Waals surface area contributed by atoms with Crippen LogP contribution >= 0.6 is 11.3 Å². The number of hydrogen-bond acceptors (Lipinski definition) is 2. The molecule has 2 heterocycles. The highest BCUT2D eigenvalue weighted by molar-refractivity contribution is 7.26. The van der Waals surface area contributed by atoms with Crippen molar-refractivity contribution in [2.45, 2.75) is 0 Å². The van der Waals surface area contributed by atoms with Crippen LogP contribution in [0.4, 0.5) is 17.1 Å². The number of anilines is 3. The maximum Gasteiger partial charge on any atom is 0.0640 e. The number of para-hydroxylation sites is 1. The lowest BCUT2D eigenvalue weighted by atomic mass is 9.94. The Bertz CT molecular complexity index is 3860. The molecule has 2 nitrogen and oxygen atoms in total. The van der Waals surface area contributed by atoms with E-state index < -0.39 is 0 Å². The summed E-state index contributed by atoms with van der Waals surface area (Å²) >= 11 is 1.87. The summed E-state index contributed by atoms with van der Waals surface area (Å²) in [5, 5.41) is 12.7. The molecule has 294 valence electrons. The first kappa shape index (κ1) is 35.7. The molecule has 0 saturated carbocycles. The van der Waals surface area contributed by atoms with E-state index in [2.05, 4.69) is 240 Å². The van der Waals surface area contributed by atoms with Crippen LogP contribution in [0, 0.1) is 0 Å². The summed E-state index contributed by atoms with van der Waals surface area (Å²) < 4.78 is 4.97. The maximum atomic E-state index is 2.46. The normalized spacial score (nSPS) is 11.8. The molecule has 0 aliphatic rings. The summed E-state index contributed by atoms with van der Waals surface area (Å²) in [6.45, 7) is 0. The lowest BCUT2D eigenvalue weighted by Crippen LogP contribution is -2.10. The lowest BCUT2D eigenvalue weighted by molar-refractivity contribution is 1.18. The zero-order chi connectivity index (χ0) is 41.4. The van der Waals surface area contributed by atoms with Crippen molar-refractivity contribution in [1.29, 1.82) is 0 Å². The molecule has 2 aromatic heterocycles. The number of benzene rings is 11. The number of fused-ring (bicyclic) bond motifs is 12. The molecule has 3 heteroatoms. The van der Waals surface area contributed by atoms with Crippen molar-refractivity contribution in [3.63, 3.8) is 0 Å². The third kappa shape index (κ3) is 5.71. The van der Waals surface area contributed by atoms with E-state index in [0.29, 0.717) is 0 Å². The first-order valence-corrected chi connectivity index (χ1v) is 22.4. The number of rotatable bonds is 6. The molecule has 13 aromatic rings. The third-order valence-corrected chi connectivity index (χ3v) is 14.2. The van der Waals surface area contributed by atoms with Gasteiger partial charge in [-0.3, -0.25) is 0 Å². The molecule has 0 aliphatic carbocycles. The molecule has 0 spiro atoms. The van der Waals surface area contributed by atoms with Crippen LogP contribution in [0.2, 0.25) is 0 Å². The van der Waals surface area contributed by atoms with E-state index in [1.807, 2.05) is 11.3 Å². The Morgan fingerprint density at radius 1 is 0.302 bits per heavy atom. The topological polar surface area (TPSA) is 8.17 Å². The fourth-order valence-corrected chi connectivity index (χ4v) is 11.2. The smallest absolute Gasteiger partial charge is 0.0640 e. The Morgan fingerprint density at radius 3 is 1.44 bits per heavy atom. The van der Waals surface area contributed by atoms with Crippen LogP contribution < -0.4 is 4.90 Å². The second-order valence-corrected chi connectivity index (χ2v) is 17.5.